The van der Waals surface area contributed by atoms with E-state index in [0.29, 0.717) is 24.9 Å². The van der Waals surface area contributed by atoms with Gasteiger partial charge in [0.2, 0.25) is 5.88 Å². The first-order valence-corrected chi connectivity index (χ1v) is 11.8. The van der Waals surface area contributed by atoms with Crippen LogP contribution in [-0.2, 0) is 4.74 Å². The summed E-state index contributed by atoms with van der Waals surface area (Å²) in [7, 11) is 0. The lowest BCUT2D eigenvalue weighted by Gasteiger charge is -2.29. The number of morpholine rings is 1. The Morgan fingerprint density at radius 2 is 1.77 bits per heavy atom. The van der Waals surface area contributed by atoms with Crippen molar-refractivity contribution < 1.29 is 9.84 Å². The van der Waals surface area contributed by atoms with Gasteiger partial charge in [0.25, 0.3) is 5.95 Å². The summed E-state index contributed by atoms with van der Waals surface area (Å²) >= 11 is 0. The summed E-state index contributed by atoms with van der Waals surface area (Å²) < 4.78 is 6.98. The maximum atomic E-state index is 10.8. The van der Waals surface area contributed by atoms with Crippen molar-refractivity contribution in [1.29, 1.82) is 0 Å². The van der Waals surface area contributed by atoms with E-state index in [1.807, 2.05) is 42.5 Å². The normalized spacial score (nSPS) is 17.3. The molecule has 1 atom stereocenters. The summed E-state index contributed by atoms with van der Waals surface area (Å²) in [6.45, 7) is 5.52. The topological polar surface area (TPSA) is 104 Å². The molecule has 1 unspecified atom stereocenters. The molecule has 10 nitrogen and oxygen atoms in total. The fourth-order valence-corrected chi connectivity index (χ4v) is 4.61. The molecule has 5 heterocycles. The molecule has 0 bridgehead atoms. The van der Waals surface area contributed by atoms with E-state index in [9.17, 15) is 5.11 Å². The molecule has 4 aromatic rings. The highest BCUT2D eigenvalue weighted by atomic mass is 16.5. The van der Waals surface area contributed by atoms with E-state index in [2.05, 4.69) is 32.1 Å². The van der Waals surface area contributed by atoms with Crippen LogP contribution in [0.2, 0.25) is 0 Å². The Labute approximate surface area is 202 Å². The highest BCUT2D eigenvalue weighted by Crippen LogP contribution is 2.45. The summed E-state index contributed by atoms with van der Waals surface area (Å²) in [6.07, 6.45) is 3.48. The van der Waals surface area contributed by atoms with Crippen molar-refractivity contribution in [1.82, 2.24) is 24.7 Å². The molecule has 1 aromatic carbocycles. The number of benzene rings is 1. The second kappa shape index (κ2) is 8.88. The largest absolute Gasteiger partial charge is 0.493 e. The Morgan fingerprint density at radius 3 is 2.51 bits per heavy atom. The number of nitrogens with zero attached hydrogens (tertiary/aromatic N) is 7. The third kappa shape index (κ3) is 3.81. The van der Waals surface area contributed by atoms with Gasteiger partial charge in [-0.3, -0.25) is 4.98 Å². The Balaban J connectivity index is 1.48. The number of hydrogen-bond donors (Lipinski definition) is 2. The summed E-state index contributed by atoms with van der Waals surface area (Å²) in [5.74, 6) is 1.86. The van der Waals surface area contributed by atoms with Crippen molar-refractivity contribution >= 4 is 17.3 Å². The van der Waals surface area contributed by atoms with Crippen molar-refractivity contribution in [3.8, 4) is 23.1 Å². The second-order valence-corrected chi connectivity index (χ2v) is 8.42. The Hall–Kier alpha value is -4.18. The van der Waals surface area contributed by atoms with Gasteiger partial charge in [-0.05, 0) is 24.6 Å². The van der Waals surface area contributed by atoms with Crippen LogP contribution >= 0.6 is 0 Å². The van der Waals surface area contributed by atoms with Gasteiger partial charge in [-0.15, -0.1) is 0 Å². The number of hydrogen-bond acceptors (Lipinski definition) is 9. The molecule has 2 N–H and O–H groups in total. The third-order valence-electron chi connectivity index (χ3n) is 6.35. The van der Waals surface area contributed by atoms with E-state index in [0.717, 1.165) is 48.1 Å². The van der Waals surface area contributed by atoms with Gasteiger partial charge in [-0.1, -0.05) is 30.3 Å². The van der Waals surface area contributed by atoms with Gasteiger partial charge in [-0.25, -0.2) is 0 Å². The standard InChI is InChI=1S/C25H26N8O2/c1-2-32-22(18-8-10-26-11-9-18)27-21-23(31-12-14-35-15-13-31)28-25(29-24(21)32)33-20(34)16-19(30-33)17-6-4-3-5-7-17/h3-11,16,22,27,34H,2,12-15H2,1H3. The number of rotatable bonds is 5. The van der Waals surface area contributed by atoms with Crippen LogP contribution in [0.5, 0.6) is 5.88 Å². The van der Waals surface area contributed by atoms with Crippen molar-refractivity contribution in [3.05, 3.63) is 66.5 Å². The van der Waals surface area contributed by atoms with Crippen LogP contribution in [0.25, 0.3) is 17.2 Å². The summed E-state index contributed by atoms with van der Waals surface area (Å²) in [4.78, 5) is 18.3. The van der Waals surface area contributed by atoms with Gasteiger partial charge in [0, 0.05) is 43.7 Å². The average molecular weight is 471 g/mol. The first-order chi connectivity index (χ1) is 17.2. The lowest BCUT2D eigenvalue weighted by atomic mass is 10.2. The van der Waals surface area contributed by atoms with Gasteiger partial charge in [0.05, 0.1) is 18.9 Å². The van der Waals surface area contributed by atoms with Crippen molar-refractivity contribution in [2.75, 3.05) is 48.0 Å². The number of pyridine rings is 1. The number of fused-ring (bicyclic) bond motifs is 1. The van der Waals surface area contributed by atoms with Crippen LogP contribution in [-0.4, -0.2) is 62.7 Å². The minimum absolute atomic E-state index is 0.0172. The van der Waals surface area contributed by atoms with Gasteiger partial charge >= 0.3 is 0 Å². The predicted octanol–water partition coefficient (Wildman–Crippen LogP) is 3.22. The molecule has 1 fully saturated rings. The number of aromatic hydroxyl groups is 1. The predicted molar refractivity (Wildman–Crippen MR) is 133 cm³/mol. The van der Waals surface area contributed by atoms with Crippen LogP contribution in [0, 0.1) is 0 Å². The quantitative estimate of drug-likeness (QED) is 0.455. The highest BCUT2D eigenvalue weighted by molar-refractivity contribution is 5.84. The van der Waals surface area contributed by atoms with Gasteiger partial charge in [-0.2, -0.15) is 19.7 Å². The minimum atomic E-state index is -0.103. The van der Waals surface area contributed by atoms with E-state index in [1.54, 1.807) is 18.5 Å². The van der Waals surface area contributed by atoms with E-state index in [1.165, 1.54) is 4.68 Å². The summed E-state index contributed by atoms with van der Waals surface area (Å²) in [5.41, 5.74) is 3.52. The fraction of sp³-hybridized carbons (Fsp3) is 0.280. The zero-order chi connectivity index (χ0) is 23.8. The molecule has 178 valence electrons. The second-order valence-electron chi connectivity index (χ2n) is 8.42. The Bertz CT molecular complexity index is 1320. The average Bonchev–Trinajstić information content (AvgIpc) is 3.50. The number of aromatic nitrogens is 5. The Morgan fingerprint density at radius 1 is 1.03 bits per heavy atom. The molecular formula is C25H26N8O2. The number of ether oxygens (including phenoxy) is 1. The van der Waals surface area contributed by atoms with E-state index < -0.39 is 0 Å². The molecule has 0 amide bonds. The van der Waals surface area contributed by atoms with Crippen LogP contribution in [0.4, 0.5) is 17.3 Å². The van der Waals surface area contributed by atoms with Crippen LogP contribution < -0.4 is 15.1 Å². The smallest absolute Gasteiger partial charge is 0.257 e. The maximum Gasteiger partial charge on any atom is 0.257 e. The zero-order valence-corrected chi connectivity index (χ0v) is 19.4. The number of nitrogens with one attached hydrogen (secondary N) is 1. The summed E-state index contributed by atoms with van der Waals surface area (Å²) in [6, 6.07) is 15.4. The molecular weight excluding hydrogens is 444 g/mol. The Kier molecular flexibility index (Phi) is 5.42. The first-order valence-electron chi connectivity index (χ1n) is 11.8. The molecule has 0 radical (unpaired) electrons. The first kappa shape index (κ1) is 21.4. The fourth-order valence-electron chi connectivity index (χ4n) is 4.61. The molecule has 0 aliphatic carbocycles. The van der Waals surface area contributed by atoms with Gasteiger partial charge < -0.3 is 25.0 Å². The maximum absolute atomic E-state index is 10.8. The molecule has 35 heavy (non-hydrogen) atoms. The van der Waals surface area contributed by atoms with Crippen LogP contribution in [0.15, 0.2) is 60.9 Å². The van der Waals surface area contributed by atoms with E-state index >= 15 is 0 Å². The highest BCUT2D eigenvalue weighted by Gasteiger charge is 2.36. The third-order valence-corrected chi connectivity index (χ3v) is 6.35. The molecule has 10 heteroatoms. The molecule has 0 saturated carbocycles. The number of anilines is 3. The van der Waals surface area contributed by atoms with Crippen molar-refractivity contribution in [3.63, 3.8) is 0 Å². The van der Waals surface area contributed by atoms with Gasteiger partial charge in [0.1, 0.15) is 11.9 Å². The zero-order valence-electron chi connectivity index (χ0n) is 19.4. The molecule has 6 rings (SSSR count). The van der Waals surface area contributed by atoms with Crippen LogP contribution in [0.1, 0.15) is 18.7 Å². The van der Waals surface area contributed by atoms with E-state index in [4.69, 9.17) is 14.7 Å². The van der Waals surface area contributed by atoms with Gasteiger partial charge in [0.15, 0.2) is 11.6 Å². The lowest BCUT2D eigenvalue weighted by molar-refractivity contribution is 0.122. The summed E-state index contributed by atoms with van der Waals surface area (Å²) in [5, 5.41) is 19.1. The SMILES string of the molecule is CCN1c2nc(-n3nc(-c4ccccc4)cc3O)nc(N3CCOCC3)c2NC1c1ccncc1. The molecule has 2 aliphatic heterocycles. The van der Waals surface area contributed by atoms with Crippen molar-refractivity contribution in [2.24, 2.45) is 0 Å². The molecule has 2 aliphatic rings. The minimum Gasteiger partial charge on any atom is -0.493 e. The molecule has 3 aromatic heterocycles. The monoisotopic (exact) mass is 470 g/mol. The van der Waals surface area contributed by atoms with Crippen LogP contribution in [0.3, 0.4) is 0 Å². The molecule has 0 spiro atoms. The molecule has 1 saturated heterocycles. The van der Waals surface area contributed by atoms with Crippen molar-refractivity contribution in [2.45, 2.75) is 13.1 Å². The lowest BCUT2D eigenvalue weighted by Crippen LogP contribution is -2.37. The van der Waals surface area contributed by atoms with E-state index in [-0.39, 0.29) is 12.0 Å².